The van der Waals surface area contributed by atoms with Crippen molar-refractivity contribution in [2.75, 3.05) is 6.61 Å². The molecule has 0 saturated carbocycles. The summed E-state index contributed by atoms with van der Waals surface area (Å²) in [5.41, 5.74) is 8.99. The molecule has 2 aromatic carbocycles. The smallest absolute Gasteiger partial charge is 0.306 e. The second kappa shape index (κ2) is 12.5. The van der Waals surface area contributed by atoms with Crippen LogP contribution in [0.15, 0.2) is 47.3 Å². The average Bonchev–Trinajstić information content (AvgIpc) is 2.89. The van der Waals surface area contributed by atoms with Crippen molar-refractivity contribution >= 4 is 22.7 Å². The van der Waals surface area contributed by atoms with E-state index in [9.17, 15) is 9.59 Å². The molecule has 1 aliphatic rings. The number of nitrogens with zero attached hydrogens (tertiary/aromatic N) is 1. The quantitative estimate of drug-likeness (QED) is 0.181. The fraction of sp³-hybridized carbons (Fsp3) is 0.452. The van der Waals surface area contributed by atoms with E-state index < -0.39 is 5.97 Å². The van der Waals surface area contributed by atoms with E-state index >= 15 is 0 Å². The minimum atomic E-state index is -0.918. The average molecular weight is 533 g/mol. The number of ether oxygens (including phenoxy) is 1. The van der Waals surface area contributed by atoms with Crippen LogP contribution in [0.4, 0.5) is 0 Å². The van der Waals surface area contributed by atoms with Crippen molar-refractivity contribution in [1.82, 2.24) is 9.88 Å². The lowest BCUT2D eigenvalue weighted by Crippen LogP contribution is -2.46. The van der Waals surface area contributed by atoms with Crippen LogP contribution >= 0.6 is 0 Å². The Labute approximate surface area is 229 Å². The molecule has 2 heterocycles. The predicted molar refractivity (Wildman–Crippen MR) is 156 cm³/mol. The summed E-state index contributed by atoms with van der Waals surface area (Å²) in [5, 5.41) is 17.9. The Balaban J connectivity index is 1.92. The van der Waals surface area contributed by atoms with E-state index in [1.165, 1.54) is 6.42 Å². The van der Waals surface area contributed by atoms with Crippen LogP contribution in [0.3, 0.4) is 0 Å². The van der Waals surface area contributed by atoms with E-state index in [4.69, 9.17) is 21.0 Å². The van der Waals surface area contributed by atoms with Crippen LogP contribution in [0.5, 0.6) is 5.75 Å². The molecular weight excluding hydrogens is 492 g/mol. The number of fused-ring (bicyclic) bond motifs is 1. The van der Waals surface area contributed by atoms with Crippen molar-refractivity contribution in [2.24, 2.45) is 5.73 Å². The van der Waals surface area contributed by atoms with Gasteiger partial charge in [0.25, 0.3) is 5.56 Å². The third kappa shape index (κ3) is 6.50. The number of nitrogens with two attached hydrogens (primary N) is 1. The number of carboxylic acid groups (broad SMARTS) is 1. The van der Waals surface area contributed by atoms with Crippen LogP contribution < -0.4 is 16.0 Å². The highest BCUT2D eigenvalue weighted by Gasteiger charge is 2.33. The third-order valence-corrected chi connectivity index (χ3v) is 7.85. The number of unbranched alkanes of at least 4 members (excludes halogenated alkanes) is 1. The number of nitrogen functional groups attached to an aromatic ring is 1. The number of pyridine rings is 1. The lowest BCUT2D eigenvalue weighted by atomic mass is 9.88. The van der Waals surface area contributed by atoms with Crippen LogP contribution in [-0.2, 0) is 4.79 Å². The highest BCUT2D eigenvalue weighted by molar-refractivity contribution is 5.96. The second-order valence-corrected chi connectivity index (χ2v) is 10.7. The van der Waals surface area contributed by atoms with Crippen LogP contribution in [0, 0.1) is 5.41 Å². The number of carbonyl (C=O) groups is 1. The van der Waals surface area contributed by atoms with Crippen LogP contribution in [0.25, 0.3) is 22.0 Å². The van der Waals surface area contributed by atoms with E-state index in [2.05, 4.69) is 30.7 Å². The first-order valence-electron chi connectivity index (χ1n) is 14.0. The van der Waals surface area contributed by atoms with Crippen molar-refractivity contribution < 1.29 is 14.6 Å². The summed E-state index contributed by atoms with van der Waals surface area (Å²) in [4.78, 5) is 30.1. The summed E-state index contributed by atoms with van der Waals surface area (Å²) < 4.78 is 5.90. The zero-order valence-electron chi connectivity index (χ0n) is 23.1. The van der Waals surface area contributed by atoms with Gasteiger partial charge in [0, 0.05) is 40.7 Å². The monoisotopic (exact) mass is 532 g/mol. The molecule has 1 saturated heterocycles. The summed E-state index contributed by atoms with van der Waals surface area (Å²) in [6, 6.07) is 13.9. The maximum absolute atomic E-state index is 13.3. The number of aliphatic carboxylic acids is 1. The van der Waals surface area contributed by atoms with Crippen molar-refractivity contribution in [2.45, 2.75) is 83.8 Å². The molecule has 0 amide bonds. The standard InChI is InChI=1S/C31H40N4O4/c1-4-5-12-28(35-19(2)8-6-9-20(35)3)26-16-23(39-14-13-29(36)37)17-27-25(26)18-24(31(38)34-27)21-10-7-11-22(15-21)30(32)33/h7,10-11,15-20,28H,4-6,8-9,12-14H2,1-3H3,(H3,32,33)(H,34,38)(H,36,37). The molecule has 4 rings (SSSR count). The van der Waals surface area contributed by atoms with Gasteiger partial charge in [-0.2, -0.15) is 0 Å². The molecule has 0 aliphatic carbocycles. The van der Waals surface area contributed by atoms with Crippen molar-refractivity contribution in [1.29, 1.82) is 5.41 Å². The first-order valence-corrected chi connectivity index (χ1v) is 14.0. The molecule has 8 nitrogen and oxygen atoms in total. The molecule has 3 atom stereocenters. The Morgan fingerprint density at radius 1 is 1.21 bits per heavy atom. The molecule has 0 spiro atoms. The zero-order chi connectivity index (χ0) is 28.1. The summed E-state index contributed by atoms with van der Waals surface area (Å²) in [7, 11) is 0. The van der Waals surface area contributed by atoms with Gasteiger partial charge in [-0.15, -0.1) is 0 Å². The number of rotatable bonds is 11. The number of aromatic amines is 1. The van der Waals surface area contributed by atoms with Crippen molar-refractivity contribution in [3.8, 4) is 16.9 Å². The number of benzene rings is 2. The number of piperidine rings is 1. The molecule has 0 bridgehead atoms. The number of amidine groups is 1. The molecule has 8 heteroatoms. The Morgan fingerprint density at radius 2 is 1.95 bits per heavy atom. The van der Waals surface area contributed by atoms with E-state index in [1.807, 2.05) is 18.2 Å². The fourth-order valence-electron chi connectivity index (χ4n) is 5.91. The number of H-pyrrole nitrogens is 1. The summed E-state index contributed by atoms with van der Waals surface area (Å²) in [6.07, 6.45) is 6.48. The third-order valence-electron chi connectivity index (χ3n) is 7.85. The highest BCUT2D eigenvalue weighted by Crippen LogP contribution is 2.40. The molecule has 1 aromatic heterocycles. The second-order valence-electron chi connectivity index (χ2n) is 10.7. The molecule has 0 radical (unpaired) electrons. The van der Waals surface area contributed by atoms with Crippen LogP contribution in [-0.4, -0.2) is 45.5 Å². The SMILES string of the molecule is CCCCC(c1cc(OCCC(=O)O)cc2[nH]c(=O)c(-c3cccc(C(=N)N)c3)cc12)N1C(C)CCCC1C. The first kappa shape index (κ1) is 28.4. The Kier molecular flexibility index (Phi) is 9.07. The van der Waals surface area contributed by atoms with Gasteiger partial charge < -0.3 is 20.6 Å². The lowest BCUT2D eigenvalue weighted by Gasteiger charge is -2.45. The van der Waals surface area contributed by atoms with Crippen molar-refractivity contribution in [3.63, 3.8) is 0 Å². The van der Waals surface area contributed by atoms with E-state index in [0.29, 0.717) is 40.0 Å². The van der Waals surface area contributed by atoms with Gasteiger partial charge in [0.2, 0.25) is 0 Å². The van der Waals surface area contributed by atoms with E-state index in [-0.39, 0.29) is 30.5 Å². The number of nitrogens with one attached hydrogen (secondary N) is 2. The van der Waals surface area contributed by atoms with Gasteiger partial charge in [-0.05, 0) is 62.4 Å². The maximum Gasteiger partial charge on any atom is 0.306 e. The zero-order valence-corrected chi connectivity index (χ0v) is 23.1. The maximum atomic E-state index is 13.3. The molecule has 3 unspecified atom stereocenters. The molecule has 39 heavy (non-hydrogen) atoms. The highest BCUT2D eigenvalue weighted by atomic mass is 16.5. The van der Waals surface area contributed by atoms with Gasteiger partial charge in [0.15, 0.2) is 0 Å². The lowest BCUT2D eigenvalue weighted by molar-refractivity contribution is -0.137. The molecule has 5 N–H and O–H groups in total. The number of aromatic nitrogens is 1. The van der Waals surface area contributed by atoms with Gasteiger partial charge in [0.05, 0.1) is 18.5 Å². The van der Waals surface area contributed by atoms with Crippen LogP contribution in [0.1, 0.15) is 82.9 Å². The summed E-state index contributed by atoms with van der Waals surface area (Å²) in [6.45, 7) is 6.84. The minimum Gasteiger partial charge on any atom is -0.493 e. The largest absolute Gasteiger partial charge is 0.493 e. The van der Waals surface area contributed by atoms with Crippen molar-refractivity contribution in [3.05, 3.63) is 63.9 Å². The molecule has 1 aliphatic heterocycles. The van der Waals surface area contributed by atoms with Gasteiger partial charge in [-0.3, -0.25) is 19.9 Å². The Bertz CT molecular complexity index is 1390. The molecule has 208 valence electrons. The normalized spacial score (nSPS) is 18.6. The number of carboxylic acids is 1. The Morgan fingerprint density at radius 3 is 2.62 bits per heavy atom. The molecular formula is C31H40N4O4. The molecule has 1 fully saturated rings. The van der Waals surface area contributed by atoms with Crippen LogP contribution in [0.2, 0.25) is 0 Å². The summed E-state index contributed by atoms with van der Waals surface area (Å²) >= 11 is 0. The number of hydrogen-bond donors (Lipinski definition) is 4. The van der Waals surface area contributed by atoms with Gasteiger partial charge in [-0.25, -0.2) is 0 Å². The van der Waals surface area contributed by atoms with E-state index in [0.717, 1.165) is 43.1 Å². The predicted octanol–water partition coefficient (Wildman–Crippen LogP) is 5.83. The number of hydrogen-bond acceptors (Lipinski definition) is 5. The fourth-order valence-corrected chi connectivity index (χ4v) is 5.91. The minimum absolute atomic E-state index is 0.0504. The topological polar surface area (TPSA) is 133 Å². The molecule has 3 aromatic rings. The van der Waals surface area contributed by atoms with Gasteiger partial charge >= 0.3 is 5.97 Å². The van der Waals surface area contributed by atoms with Gasteiger partial charge in [0.1, 0.15) is 11.6 Å². The number of likely N-dealkylation sites (tertiary alicyclic amines) is 1. The van der Waals surface area contributed by atoms with Gasteiger partial charge in [-0.1, -0.05) is 44.4 Å². The first-order chi connectivity index (χ1) is 18.7. The van der Waals surface area contributed by atoms with E-state index in [1.54, 1.807) is 24.3 Å². The Hall–Kier alpha value is -3.65. The summed E-state index contributed by atoms with van der Waals surface area (Å²) in [5.74, 6) is -0.413.